The first-order valence-corrected chi connectivity index (χ1v) is 7.75. The summed E-state index contributed by atoms with van der Waals surface area (Å²) in [7, 11) is 0. The molecule has 0 aromatic carbocycles. The number of anilines is 3. The molecule has 7 nitrogen and oxygen atoms in total. The van der Waals surface area contributed by atoms with Gasteiger partial charge in [-0.05, 0) is 56.3 Å². The average molecular weight is 290 g/mol. The van der Waals surface area contributed by atoms with Crippen molar-refractivity contribution >= 4 is 17.8 Å². The first-order chi connectivity index (χ1) is 10.1. The maximum atomic E-state index is 6.23. The van der Waals surface area contributed by atoms with Gasteiger partial charge < -0.3 is 21.5 Å². The Bertz CT molecular complexity index is 493. The number of nitrogen functional groups attached to an aromatic ring is 2. The summed E-state index contributed by atoms with van der Waals surface area (Å²) in [6.07, 6.45) is 7.87. The van der Waals surface area contributed by atoms with Gasteiger partial charge in [0, 0.05) is 0 Å². The summed E-state index contributed by atoms with van der Waals surface area (Å²) >= 11 is 0. The number of hydrogen-bond acceptors (Lipinski definition) is 7. The van der Waals surface area contributed by atoms with Gasteiger partial charge in [0.25, 0.3) is 0 Å². The largest absolute Gasteiger partial charge is 0.368 e. The molecule has 4 bridgehead atoms. The van der Waals surface area contributed by atoms with Crippen LogP contribution in [0.5, 0.6) is 0 Å². The fourth-order valence-electron chi connectivity index (χ4n) is 4.95. The minimum absolute atomic E-state index is 0.0753. The predicted octanol–water partition coefficient (Wildman–Crippen LogP) is 1.39. The fraction of sp³-hybridized carbons (Fsp3) is 0.786. The van der Waals surface area contributed by atoms with E-state index >= 15 is 0 Å². The van der Waals surface area contributed by atoms with Crippen molar-refractivity contribution in [2.75, 3.05) is 23.5 Å². The van der Waals surface area contributed by atoms with Crippen LogP contribution in [0.4, 0.5) is 17.8 Å². The first-order valence-electron chi connectivity index (χ1n) is 7.75. The topological polar surface area (TPSA) is 112 Å². The van der Waals surface area contributed by atoms with Crippen molar-refractivity contribution < 1.29 is 4.74 Å². The highest BCUT2D eigenvalue weighted by Gasteiger charge is 2.51. The van der Waals surface area contributed by atoms with E-state index in [0.29, 0.717) is 12.7 Å². The number of hydrogen-bond donors (Lipinski definition) is 3. The normalized spacial score (nSPS) is 36.9. The molecule has 114 valence electrons. The Labute approximate surface area is 123 Å². The molecule has 0 amide bonds. The zero-order chi connectivity index (χ0) is 14.4. The van der Waals surface area contributed by atoms with Gasteiger partial charge in [0.2, 0.25) is 17.8 Å². The second-order valence-corrected chi connectivity index (χ2v) is 6.94. The van der Waals surface area contributed by atoms with E-state index in [-0.39, 0.29) is 17.5 Å². The molecule has 7 heteroatoms. The van der Waals surface area contributed by atoms with Crippen molar-refractivity contribution in [3.8, 4) is 0 Å². The van der Waals surface area contributed by atoms with Gasteiger partial charge in [-0.25, -0.2) is 0 Å². The number of nitrogens with one attached hydrogen (secondary N) is 1. The van der Waals surface area contributed by atoms with E-state index in [9.17, 15) is 0 Å². The molecule has 0 unspecified atom stereocenters. The van der Waals surface area contributed by atoms with Gasteiger partial charge in [-0.2, -0.15) is 15.0 Å². The summed E-state index contributed by atoms with van der Waals surface area (Å²) in [4.78, 5) is 11.8. The summed E-state index contributed by atoms with van der Waals surface area (Å²) in [5.74, 6) is 3.25. The van der Waals surface area contributed by atoms with Crippen LogP contribution in [0.2, 0.25) is 0 Å². The molecule has 0 aliphatic heterocycles. The minimum atomic E-state index is 0.0753. The Morgan fingerprint density at radius 2 is 1.48 bits per heavy atom. The van der Waals surface area contributed by atoms with Gasteiger partial charge in [0.15, 0.2) is 0 Å². The third-order valence-corrected chi connectivity index (χ3v) is 5.26. The lowest BCUT2D eigenvalue weighted by Gasteiger charge is -2.56. The maximum Gasteiger partial charge on any atom is 0.231 e. The van der Waals surface area contributed by atoms with Crippen LogP contribution >= 0.6 is 0 Å². The number of ether oxygens (including phenoxy) is 1. The van der Waals surface area contributed by atoms with Crippen LogP contribution in [0.3, 0.4) is 0 Å². The molecule has 4 aliphatic carbocycles. The fourth-order valence-corrected chi connectivity index (χ4v) is 4.95. The summed E-state index contributed by atoms with van der Waals surface area (Å²) in [5, 5.41) is 3.06. The van der Waals surface area contributed by atoms with Gasteiger partial charge in [0.05, 0.1) is 5.60 Å². The number of aromatic nitrogens is 3. The lowest BCUT2D eigenvalue weighted by Crippen LogP contribution is -2.52. The highest BCUT2D eigenvalue weighted by atomic mass is 16.5. The molecule has 1 aromatic rings. The molecule has 1 aromatic heterocycles. The monoisotopic (exact) mass is 290 g/mol. The van der Waals surface area contributed by atoms with Crippen molar-refractivity contribution in [2.45, 2.75) is 44.1 Å². The van der Waals surface area contributed by atoms with E-state index in [1.165, 1.54) is 38.5 Å². The van der Waals surface area contributed by atoms with Gasteiger partial charge in [-0.3, -0.25) is 0 Å². The molecule has 21 heavy (non-hydrogen) atoms. The van der Waals surface area contributed by atoms with E-state index in [2.05, 4.69) is 20.3 Å². The lowest BCUT2D eigenvalue weighted by atomic mass is 9.54. The molecule has 4 aliphatic rings. The summed E-state index contributed by atoms with van der Waals surface area (Å²) in [6.45, 7) is 0.398. The van der Waals surface area contributed by atoms with Crippen molar-refractivity contribution in [2.24, 2.45) is 17.8 Å². The Kier molecular flexibility index (Phi) is 2.92. The van der Waals surface area contributed by atoms with E-state index in [1.54, 1.807) is 0 Å². The molecule has 0 atom stereocenters. The van der Waals surface area contributed by atoms with Crippen LogP contribution in [-0.2, 0) is 4.74 Å². The van der Waals surface area contributed by atoms with Gasteiger partial charge in [-0.15, -0.1) is 0 Å². The predicted molar refractivity (Wildman–Crippen MR) is 79.1 cm³/mol. The SMILES string of the molecule is Nc1nc(N)nc(NCOC23CC4CC(CC(C4)C2)C3)n1. The Morgan fingerprint density at radius 3 is 2.00 bits per heavy atom. The molecule has 0 saturated heterocycles. The molecular formula is C14H22N6O. The second-order valence-electron chi connectivity index (χ2n) is 6.94. The standard InChI is InChI=1S/C14H22N6O/c15-11-18-12(16)20-13(19-11)17-7-21-14-4-8-1-9(5-14)3-10(2-8)6-14/h8-10H,1-7H2,(H5,15,16,17,18,19,20). The Morgan fingerprint density at radius 1 is 0.952 bits per heavy atom. The molecule has 4 saturated carbocycles. The van der Waals surface area contributed by atoms with Crippen molar-refractivity contribution in [1.82, 2.24) is 15.0 Å². The van der Waals surface area contributed by atoms with Gasteiger partial charge >= 0.3 is 0 Å². The highest BCUT2D eigenvalue weighted by Crippen LogP contribution is 2.57. The zero-order valence-corrected chi connectivity index (χ0v) is 12.1. The molecular weight excluding hydrogens is 268 g/mol. The molecule has 4 fully saturated rings. The number of rotatable bonds is 4. The molecule has 0 radical (unpaired) electrons. The smallest absolute Gasteiger partial charge is 0.231 e. The van der Waals surface area contributed by atoms with Crippen LogP contribution in [0.25, 0.3) is 0 Å². The van der Waals surface area contributed by atoms with Crippen LogP contribution in [-0.4, -0.2) is 27.3 Å². The summed E-state index contributed by atoms with van der Waals surface area (Å²) in [6, 6.07) is 0. The summed E-state index contributed by atoms with van der Waals surface area (Å²) in [5.41, 5.74) is 11.2. The quantitative estimate of drug-likeness (QED) is 0.718. The van der Waals surface area contributed by atoms with Crippen LogP contribution < -0.4 is 16.8 Å². The van der Waals surface area contributed by atoms with E-state index in [1.807, 2.05) is 0 Å². The number of nitrogens with zero attached hydrogens (tertiary/aromatic N) is 3. The Balaban J connectivity index is 1.38. The van der Waals surface area contributed by atoms with E-state index in [4.69, 9.17) is 16.2 Å². The van der Waals surface area contributed by atoms with Crippen LogP contribution in [0.1, 0.15) is 38.5 Å². The summed E-state index contributed by atoms with van der Waals surface area (Å²) < 4.78 is 6.23. The molecule has 1 heterocycles. The van der Waals surface area contributed by atoms with Crippen molar-refractivity contribution in [3.63, 3.8) is 0 Å². The third-order valence-electron chi connectivity index (χ3n) is 5.26. The average Bonchev–Trinajstić information content (AvgIpc) is 2.35. The van der Waals surface area contributed by atoms with E-state index in [0.717, 1.165) is 17.8 Å². The lowest BCUT2D eigenvalue weighted by molar-refractivity contribution is -0.158. The Hall–Kier alpha value is -1.63. The molecule has 0 spiro atoms. The first kappa shape index (κ1) is 13.1. The van der Waals surface area contributed by atoms with Crippen LogP contribution in [0, 0.1) is 17.8 Å². The van der Waals surface area contributed by atoms with Gasteiger partial charge in [0.1, 0.15) is 6.73 Å². The van der Waals surface area contributed by atoms with E-state index < -0.39 is 0 Å². The third kappa shape index (κ3) is 2.50. The van der Waals surface area contributed by atoms with Crippen LogP contribution in [0.15, 0.2) is 0 Å². The molecule has 5 rings (SSSR count). The minimum Gasteiger partial charge on any atom is -0.368 e. The highest BCUT2D eigenvalue weighted by molar-refractivity contribution is 5.36. The molecule has 5 N–H and O–H groups in total. The second kappa shape index (κ2) is 4.69. The van der Waals surface area contributed by atoms with Crippen molar-refractivity contribution in [1.29, 1.82) is 0 Å². The van der Waals surface area contributed by atoms with Crippen molar-refractivity contribution in [3.05, 3.63) is 0 Å². The number of nitrogens with two attached hydrogens (primary N) is 2. The van der Waals surface area contributed by atoms with Gasteiger partial charge in [-0.1, -0.05) is 0 Å². The maximum absolute atomic E-state index is 6.23. The zero-order valence-electron chi connectivity index (χ0n) is 12.1.